The van der Waals surface area contributed by atoms with Crippen LogP contribution in [0.2, 0.25) is 5.02 Å². The highest BCUT2D eigenvalue weighted by atomic mass is 35.5. The fraction of sp³-hybridized carbons (Fsp3) is 0.267. The molecule has 3 N–H and O–H groups in total. The van der Waals surface area contributed by atoms with Gasteiger partial charge in [-0.1, -0.05) is 60.1 Å². The van der Waals surface area contributed by atoms with E-state index in [4.69, 9.17) is 16.3 Å². The van der Waals surface area contributed by atoms with Crippen molar-refractivity contribution >= 4 is 41.2 Å². The van der Waals surface area contributed by atoms with Crippen molar-refractivity contribution in [3.8, 4) is 11.1 Å². The molecule has 0 bridgehead atoms. The number of carboxylic acids is 1. The van der Waals surface area contributed by atoms with Gasteiger partial charge in [0.15, 0.2) is 0 Å². The summed E-state index contributed by atoms with van der Waals surface area (Å²) in [5.74, 6) is -2.31. The van der Waals surface area contributed by atoms with Gasteiger partial charge in [-0.15, -0.1) is 0 Å². The number of rotatable bonds is 9. The Hall–Kier alpha value is -4.37. The summed E-state index contributed by atoms with van der Waals surface area (Å²) in [6, 6.07) is 19.7. The Kier molecular flexibility index (Phi) is 8.02. The molecular formula is C30H28ClN3O6. The van der Waals surface area contributed by atoms with E-state index in [0.29, 0.717) is 24.4 Å². The lowest BCUT2D eigenvalue weighted by Gasteiger charge is -2.27. The Bertz CT molecular complexity index is 1430. The summed E-state index contributed by atoms with van der Waals surface area (Å²) in [5.41, 5.74) is 4.98. The smallest absolute Gasteiger partial charge is 0.407 e. The van der Waals surface area contributed by atoms with Crippen molar-refractivity contribution in [3.63, 3.8) is 0 Å². The monoisotopic (exact) mass is 561 g/mol. The molecular weight excluding hydrogens is 534 g/mol. The predicted molar refractivity (Wildman–Crippen MR) is 149 cm³/mol. The number of anilines is 1. The number of nitrogens with zero attached hydrogens (tertiary/aromatic N) is 1. The number of carbonyl (C=O) groups is 4. The van der Waals surface area contributed by atoms with E-state index >= 15 is 0 Å². The molecule has 0 saturated heterocycles. The molecule has 1 atom stereocenters. The molecule has 1 aliphatic heterocycles. The second-order valence-electron chi connectivity index (χ2n) is 9.77. The van der Waals surface area contributed by atoms with Crippen LogP contribution in [-0.4, -0.2) is 59.6 Å². The SMILES string of the molecule is O=C(O)CN1C(=O)c2ccc(Cl)cc2NC(=O)[C@@H]1CCCCNC(=O)OCC1c2ccccc2-c2ccccc21. The van der Waals surface area contributed by atoms with E-state index in [9.17, 15) is 24.3 Å². The largest absolute Gasteiger partial charge is 0.480 e. The Morgan fingerprint density at radius 2 is 1.62 bits per heavy atom. The molecule has 0 radical (unpaired) electrons. The van der Waals surface area contributed by atoms with Crippen molar-refractivity contribution in [3.05, 3.63) is 88.4 Å². The number of alkyl carbamates (subject to hydrolysis) is 1. The van der Waals surface area contributed by atoms with E-state index < -0.39 is 36.5 Å². The van der Waals surface area contributed by atoms with Crippen molar-refractivity contribution in [2.75, 3.05) is 25.0 Å². The predicted octanol–water partition coefficient (Wildman–Crippen LogP) is 4.90. The fourth-order valence-electron chi connectivity index (χ4n) is 5.38. The first kappa shape index (κ1) is 27.2. The van der Waals surface area contributed by atoms with Crippen LogP contribution >= 0.6 is 11.6 Å². The molecule has 3 aromatic carbocycles. The van der Waals surface area contributed by atoms with Crippen LogP contribution in [0, 0.1) is 0 Å². The Morgan fingerprint density at radius 1 is 0.950 bits per heavy atom. The van der Waals surface area contributed by atoms with Gasteiger partial charge in [0.25, 0.3) is 5.91 Å². The van der Waals surface area contributed by atoms with Crippen LogP contribution in [-0.2, 0) is 14.3 Å². The second kappa shape index (κ2) is 11.8. The zero-order valence-corrected chi connectivity index (χ0v) is 22.3. The lowest BCUT2D eigenvalue weighted by molar-refractivity contribution is -0.138. The first-order valence-electron chi connectivity index (χ1n) is 13.1. The van der Waals surface area contributed by atoms with Gasteiger partial charge in [-0.05, 0) is 59.7 Å². The van der Waals surface area contributed by atoms with Gasteiger partial charge in [-0.25, -0.2) is 4.79 Å². The first-order valence-corrected chi connectivity index (χ1v) is 13.4. The molecule has 3 amide bonds. The minimum atomic E-state index is -1.22. The van der Waals surface area contributed by atoms with E-state index in [1.54, 1.807) is 0 Å². The van der Waals surface area contributed by atoms with Crippen molar-refractivity contribution in [2.45, 2.75) is 31.2 Å². The summed E-state index contributed by atoms with van der Waals surface area (Å²) in [4.78, 5) is 51.0. The molecule has 9 nitrogen and oxygen atoms in total. The number of benzene rings is 3. The van der Waals surface area contributed by atoms with Crippen LogP contribution < -0.4 is 10.6 Å². The maximum atomic E-state index is 13.1. The molecule has 1 heterocycles. The van der Waals surface area contributed by atoms with Crippen molar-refractivity contribution in [1.29, 1.82) is 0 Å². The molecule has 0 saturated carbocycles. The number of fused-ring (bicyclic) bond motifs is 4. The number of ether oxygens (including phenoxy) is 1. The standard InChI is InChI=1S/C30H28ClN3O6/c31-18-12-13-23-25(15-18)33-28(37)26(34(29(23)38)16-27(35)36)11-5-6-14-32-30(39)40-17-24-21-9-3-1-7-19(21)20-8-2-4-10-22(20)24/h1-4,7-10,12-13,15,24,26H,5-6,11,14,16-17H2,(H,32,39)(H,33,37)(H,35,36)/t26-/m0/s1. The highest BCUT2D eigenvalue weighted by Gasteiger charge is 2.36. The molecule has 0 spiro atoms. The van der Waals surface area contributed by atoms with Gasteiger partial charge >= 0.3 is 12.1 Å². The van der Waals surface area contributed by atoms with Crippen LogP contribution in [0.5, 0.6) is 0 Å². The summed E-state index contributed by atoms with van der Waals surface area (Å²) in [5, 5.41) is 15.1. The third-order valence-electron chi connectivity index (χ3n) is 7.23. The lowest BCUT2D eigenvalue weighted by Crippen LogP contribution is -2.47. The van der Waals surface area contributed by atoms with Gasteiger partial charge in [0.1, 0.15) is 19.2 Å². The summed E-state index contributed by atoms with van der Waals surface area (Å²) >= 11 is 6.02. The van der Waals surface area contributed by atoms with E-state index in [0.717, 1.165) is 27.2 Å². The fourth-order valence-corrected chi connectivity index (χ4v) is 5.55. The zero-order valence-electron chi connectivity index (χ0n) is 21.6. The quantitative estimate of drug-likeness (QED) is 0.319. The van der Waals surface area contributed by atoms with Gasteiger partial charge in [0.05, 0.1) is 11.3 Å². The highest BCUT2D eigenvalue weighted by molar-refractivity contribution is 6.31. The topological polar surface area (TPSA) is 125 Å². The highest BCUT2D eigenvalue weighted by Crippen LogP contribution is 2.44. The molecule has 206 valence electrons. The molecule has 0 unspecified atom stereocenters. The average molecular weight is 562 g/mol. The summed E-state index contributed by atoms with van der Waals surface area (Å²) in [7, 11) is 0. The number of unbranched alkanes of at least 4 members (excludes halogenated alkanes) is 1. The van der Waals surface area contributed by atoms with E-state index in [1.807, 2.05) is 24.3 Å². The number of hydrogen-bond acceptors (Lipinski definition) is 5. The molecule has 1 aliphatic carbocycles. The number of halogens is 1. The maximum absolute atomic E-state index is 13.1. The normalized spacial score (nSPS) is 15.9. The van der Waals surface area contributed by atoms with Gasteiger partial charge < -0.3 is 25.4 Å². The summed E-state index contributed by atoms with van der Waals surface area (Å²) < 4.78 is 5.55. The number of carboxylic acid groups (broad SMARTS) is 1. The molecule has 2 aliphatic rings. The van der Waals surface area contributed by atoms with Gasteiger partial charge in [-0.3, -0.25) is 14.4 Å². The molecule has 5 rings (SSSR count). The third kappa shape index (κ3) is 5.65. The van der Waals surface area contributed by atoms with E-state index in [2.05, 4.69) is 34.9 Å². The number of carbonyl (C=O) groups excluding carboxylic acids is 3. The Morgan fingerprint density at radius 3 is 2.30 bits per heavy atom. The van der Waals surface area contributed by atoms with Crippen molar-refractivity contribution in [1.82, 2.24) is 10.2 Å². The number of aliphatic carboxylic acids is 1. The van der Waals surface area contributed by atoms with Gasteiger partial charge in [0.2, 0.25) is 5.91 Å². The zero-order chi connectivity index (χ0) is 28.2. The van der Waals surface area contributed by atoms with Crippen molar-refractivity contribution in [2.24, 2.45) is 0 Å². The molecule has 0 aromatic heterocycles. The number of nitrogens with one attached hydrogen (secondary N) is 2. The molecule has 10 heteroatoms. The van der Waals surface area contributed by atoms with Crippen molar-refractivity contribution < 1.29 is 29.0 Å². The maximum Gasteiger partial charge on any atom is 0.407 e. The van der Waals surface area contributed by atoms with Crippen LogP contribution in [0.4, 0.5) is 10.5 Å². The van der Waals surface area contributed by atoms with E-state index in [-0.39, 0.29) is 30.2 Å². The van der Waals surface area contributed by atoms with E-state index in [1.165, 1.54) is 18.2 Å². The molecule has 0 fully saturated rings. The second-order valence-corrected chi connectivity index (χ2v) is 10.2. The minimum absolute atomic E-state index is 0.0383. The van der Waals surface area contributed by atoms with Crippen LogP contribution in [0.25, 0.3) is 11.1 Å². The third-order valence-corrected chi connectivity index (χ3v) is 7.47. The summed E-state index contributed by atoms with van der Waals surface area (Å²) in [6.07, 6.45) is 0.646. The van der Waals surface area contributed by atoms with Crippen LogP contribution in [0.3, 0.4) is 0 Å². The van der Waals surface area contributed by atoms with Crippen LogP contribution in [0.15, 0.2) is 66.7 Å². The lowest BCUT2D eigenvalue weighted by atomic mass is 9.98. The summed E-state index contributed by atoms with van der Waals surface area (Å²) in [6.45, 7) is -0.107. The number of hydrogen-bond donors (Lipinski definition) is 3. The molecule has 40 heavy (non-hydrogen) atoms. The van der Waals surface area contributed by atoms with Gasteiger partial charge in [0, 0.05) is 17.5 Å². The van der Waals surface area contributed by atoms with Crippen LogP contribution in [0.1, 0.15) is 46.7 Å². The van der Waals surface area contributed by atoms with Gasteiger partial charge in [-0.2, -0.15) is 0 Å². The Labute approximate surface area is 236 Å². The average Bonchev–Trinajstić information content (AvgIpc) is 3.21. The number of amides is 3. The molecule has 3 aromatic rings. The first-order chi connectivity index (χ1) is 19.3. The Balaban J connectivity index is 1.13. The minimum Gasteiger partial charge on any atom is -0.480 e.